The predicted molar refractivity (Wildman–Crippen MR) is 146 cm³/mol. The van der Waals surface area contributed by atoms with Gasteiger partial charge < -0.3 is 11.1 Å². The largest absolute Gasteiger partial charge is 0.352 e. The molecule has 5 nitrogen and oxygen atoms in total. The first-order valence-corrected chi connectivity index (χ1v) is 13.4. The molecule has 3 unspecified atom stereocenters. The van der Waals surface area contributed by atoms with Gasteiger partial charge in [0.25, 0.3) is 5.91 Å². The second kappa shape index (κ2) is 11.8. The molecule has 0 spiro atoms. The maximum atomic E-state index is 12.8. The summed E-state index contributed by atoms with van der Waals surface area (Å²) in [6.07, 6.45) is 4.55. The van der Waals surface area contributed by atoms with Crippen molar-refractivity contribution in [2.24, 2.45) is 11.7 Å². The maximum Gasteiger partial charge on any atom is 0.251 e. The number of hydrogen-bond donors (Lipinski definition) is 2. The van der Waals surface area contributed by atoms with E-state index in [4.69, 9.17) is 5.73 Å². The minimum atomic E-state index is -0.0879. The van der Waals surface area contributed by atoms with Crippen LogP contribution in [-0.4, -0.2) is 54.1 Å². The highest BCUT2D eigenvalue weighted by molar-refractivity contribution is 5.94. The minimum Gasteiger partial charge on any atom is -0.352 e. The highest BCUT2D eigenvalue weighted by Gasteiger charge is 2.40. The van der Waals surface area contributed by atoms with Crippen LogP contribution in [0.2, 0.25) is 0 Å². The summed E-state index contributed by atoms with van der Waals surface area (Å²) in [6.45, 7) is 3.79. The van der Waals surface area contributed by atoms with Gasteiger partial charge in [0.2, 0.25) is 0 Å². The molecule has 36 heavy (non-hydrogen) atoms. The number of benzene rings is 3. The van der Waals surface area contributed by atoms with E-state index in [9.17, 15) is 4.79 Å². The van der Waals surface area contributed by atoms with Crippen molar-refractivity contribution in [3.05, 3.63) is 108 Å². The summed E-state index contributed by atoms with van der Waals surface area (Å²) in [4.78, 5) is 18.0. The Morgan fingerprint density at radius 3 is 1.97 bits per heavy atom. The first-order valence-electron chi connectivity index (χ1n) is 13.4. The second-order valence-corrected chi connectivity index (χ2v) is 10.2. The normalized spacial score (nSPS) is 23.4. The summed E-state index contributed by atoms with van der Waals surface area (Å²) in [6, 6.07) is 31.4. The molecule has 2 saturated heterocycles. The molecule has 0 saturated carbocycles. The Morgan fingerprint density at radius 2 is 1.39 bits per heavy atom. The van der Waals surface area contributed by atoms with Gasteiger partial charge in [0.1, 0.15) is 0 Å². The van der Waals surface area contributed by atoms with Crippen LogP contribution in [0.5, 0.6) is 0 Å². The standard InChI is InChI=1S/C31H38N4O/c32-29-21-27(22-33-31(36)26-17-9-3-10-18-26)28(34-19-11-4-12-20-34)23-35(29)30(24-13-5-1-6-14-24)25-15-7-2-8-16-25/h1-3,5-10,13-18,27-30H,4,11-12,19-23,32H2,(H,33,36). The van der Waals surface area contributed by atoms with Crippen LogP contribution in [0.1, 0.15) is 53.2 Å². The minimum absolute atomic E-state index is 0.00422. The molecular weight excluding hydrogens is 444 g/mol. The molecule has 1 amide bonds. The van der Waals surface area contributed by atoms with Gasteiger partial charge >= 0.3 is 0 Å². The van der Waals surface area contributed by atoms with E-state index in [1.807, 2.05) is 30.3 Å². The van der Waals surface area contributed by atoms with Crippen LogP contribution in [-0.2, 0) is 0 Å². The van der Waals surface area contributed by atoms with E-state index < -0.39 is 0 Å². The molecule has 5 heteroatoms. The summed E-state index contributed by atoms with van der Waals surface area (Å²) >= 11 is 0. The van der Waals surface area contributed by atoms with Crippen LogP contribution in [0.25, 0.3) is 0 Å². The number of piperidine rings is 2. The van der Waals surface area contributed by atoms with E-state index in [0.29, 0.717) is 24.1 Å². The van der Waals surface area contributed by atoms with E-state index >= 15 is 0 Å². The van der Waals surface area contributed by atoms with Crippen molar-refractivity contribution in [3.63, 3.8) is 0 Å². The predicted octanol–water partition coefficient (Wildman–Crippen LogP) is 4.67. The van der Waals surface area contributed by atoms with Crippen molar-refractivity contribution in [3.8, 4) is 0 Å². The van der Waals surface area contributed by atoms with Crippen LogP contribution in [0.3, 0.4) is 0 Å². The third kappa shape index (κ3) is 5.70. The molecule has 5 rings (SSSR count). The van der Waals surface area contributed by atoms with Crippen molar-refractivity contribution in [2.45, 2.75) is 43.9 Å². The molecule has 3 aromatic carbocycles. The van der Waals surface area contributed by atoms with E-state index in [1.165, 1.54) is 30.4 Å². The number of likely N-dealkylation sites (tertiary alicyclic amines) is 2. The molecule has 3 atom stereocenters. The summed E-state index contributed by atoms with van der Waals surface area (Å²) in [7, 11) is 0. The lowest BCUT2D eigenvalue weighted by atomic mass is 9.84. The van der Waals surface area contributed by atoms with Crippen molar-refractivity contribution in [2.75, 3.05) is 26.2 Å². The second-order valence-electron chi connectivity index (χ2n) is 10.2. The molecular formula is C31H38N4O. The molecule has 188 valence electrons. The molecule has 2 fully saturated rings. The smallest absolute Gasteiger partial charge is 0.251 e. The third-order valence-electron chi connectivity index (χ3n) is 7.89. The number of rotatable bonds is 7. The Kier molecular flexibility index (Phi) is 8.11. The summed E-state index contributed by atoms with van der Waals surface area (Å²) < 4.78 is 0. The van der Waals surface area contributed by atoms with Gasteiger partial charge in [0.15, 0.2) is 0 Å². The lowest BCUT2D eigenvalue weighted by molar-refractivity contribution is -0.00288. The molecule has 2 aliphatic rings. The quantitative estimate of drug-likeness (QED) is 0.514. The van der Waals surface area contributed by atoms with E-state index in [1.54, 1.807) is 0 Å². The lowest BCUT2D eigenvalue weighted by Crippen LogP contribution is -2.62. The third-order valence-corrected chi connectivity index (χ3v) is 7.89. The van der Waals surface area contributed by atoms with Gasteiger partial charge in [-0.15, -0.1) is 0 Å². The molecule has 3 aromatic rings. The van der Waals surface area contributed by atoms with Crippen LogP contribution in [0.4, 0.5) is 0 Å². The monoisotopic (exact) mass is 482 g/mol. The molecule has 0 bridgehead atoms. The van der Waals surface area contributed by atoms with Crippen molar-refractivity contribution >= 4 is 5.91 Å². The number of carbonyl (C=O) groups excluding carboxylic acids is 1. The fourth-order valence-electron chi connectivity index (χ4n) is 6.04. The molecule has 2 heterocycles. The Hall–Kier alpha value is -2.99. The SMILES string of the molecule is NC1CC(CNC(=O)c2ccccc2)C(N2CCCCC2)CN1C(c1ccccc1)c1ccccc1. The number of carbonyl (C=O) groups is 1. The number of nitrogens with zero attached hydrogens (tertiary/aromatic N) is 2. The zero-order valence-corrected chi connectivity index (χ0v) is 21.0. The van der Waals surface area contributed by atoms with Gasteiger partial charge in [-0.2, -0.15) is 0 Å². The summed E-state index contributed by atoms with van der Waals surface area (Å²) in [5.41, 5.74) is 10.2. The van der Waals surface area contributed by atoms with Crippen LogP contribution >= 0.6 is 0 Å². The molecule has 0 aliphatic carbocycles. The first-order chi connectivity index (χ1) is 17.7. The number of amides is 1. The molecule has 3 N–H and O–H groups in total. The van der Waals surface area contributed by atoms with Gasteiger partial charge in [-0.05, 0) is 61.5 Å². The highest BCUT2D eigenvalue weighted by atomic mass is 16.1. The van der Waals surface area contributed by atoms with E-state index in [0.717, 1.165) is 26.1 Å². The van der Waals surface area contributed by atoms with E-state index in [-0.39, 0.29) is 18.1 Å². The van der Waals surface area contributed by atoms with Crippen molar-refractivity contribution < 1.29 is 4.79 Å². The zero-order valence-electron chi connectivity index (χ0n) is 21.0. The maximum absolute atomic E-state index is 12.8. The van der Waals surface area contributed by atoms with Crippen LogP contribution in [0.15, 0.2) is 91.0 Å². The first kappa shape index (κ1) is 24.7. The fourth-order valence-corrected chi connectivity index (χ4v) is 6.04. The zero-order chi connectivity index (χ0) is 24.7. The van der Waals surface area contributed by atoms with Crippen LogP contribution < -0.4 is 11.1 Å². The Labute approximate surface area is 215 Å². The van der Waals surface area contributed by atoms with Gasteiger partial charge in [-0.25, -0.2) is 0 Å². The number of nitrogens with two attached hydrogens (primary N) is 1. The number of hydrogen-bond acceptors (Lipinski definition) is 4. The van der Waals surface area contributed by atoms with Crippen LogP contribution in [0, 0.1) is 5.92 Å². The van der Waals surface area contributed by atoms with Gasteiger partial charge in [-0.1, -0.05) is 85.3 Å². The molecule has 0 aromatic heterocycles. The fraction of sp³-hybridized carbons (Fsp3) is 0.387. The highest BCUT2D eigenvalue weighted by Crippen LogP contribution is 2.36. The topological polar surface area (TPSA) is 61.6 Å². The van der Waals surface area contributed by atoms with Gasteiger partial charge in [0, 0.05) is 24.7 Å². The Balaban J connectivity index is 1.40. The molecule has 0 radical (unpaired) electrons. The van der Waals surface area contributed by atoms with E-state index in [2.05, 4.69) is 75.8 Å². The average Bonchev–Trinajstić information content (AvgIpc) is 2.95. The van der Waals surface area contributed by atoms with Gasteiger partial charge in [-0.3, -0.25) is 14.6 Å². The summed E-state index contributed by atoms with van der Waals surface area (Å²) in [5, 5.41) is 3.23. The summed E-state index contributed by atoms with van der Waals surface area (Å²) in [5.74, 6) is 0.310. The van der Waals surface area contributed by atoms with Crippen molar-refractivity contribution in [1.29, 1.82) is 0 Å². The Bertz CT molecular complexity index is 1050. The number of nitrogens with one attached hydrogen (secondary N) is 1. The molecule has 2 aliphatic heterocycles. The van der Waals surface area contributed by atoms with Crippen molar-refractivity contribution in [1.82, 2.24) is 15.1 Å². The van der Waals surface area contributed by atoms with Gasteiger partial charge in [0.05, 0.1) is 12.2 Å². The average molecular weight is 483 g/mol. The Morgan fingerprint density at radius 1 is 0.833 bits per heavy atom. The lowest BCUT2D eigenvalue weighted by Gasteiger charge is -2.50.